The Morgan fingerprint density at radius 3 is 2.23 bits per heavy atom. The van der Waals surface area contributed by atoms with Crippen LogP contribution < -0.4 is 5.32 Å². The Kier molecular flexibility index (Phi) is 13.3. The van der Waals surface area contributed by atoms with Crippen molar-refractivity contribution >= 4 is 11.6 Å². The fraction of sp³-hybridized carbons (Fsp3) is 0.464. The van der Waals surface area contributed by atoms with Crippen LogP contribution in [0.1, 0.15) is 54.9 Å². The molecule has 0 radical (unpaired) electrons. The summed E-state index contributed by atoms with van der Waals surface area (Å²) < 4.78 is 16.5. The molecule has 1 N–H and O–H groups in total. The standard InChI is InChI=1S/C28H36N2O5/c1-3-15-33-17-19-35-20-18-34-16-7-8-25(27-9-5-4-6-14-30-27)28(32)24-12-10-23(11-13-24)26(21-29)22(2)31/h4-6,9-14,25-26,30H,3,7-8,15-20H2,1-2H3. The fourth-order valence-electron chi connectivity index (χ4n) is 3.63. The smallest absolute Gasteiger partial charge is 0.171 e. The number of benzene rings is 1. The highest BCUT2D eigenvalue weighted by Gasteiger charge is 2.24. The second-order valence-corrected chi connectivity index (χ2v) is 8.20. The number of Topliss-reactive ketones (excluding diaryl/α,β-unsaturated/α-hetero) is 2. The average Bonchev–Trinajstić information content (AvgIpc) is 3.14. The molecule has 0 bridgehead atoms. The first-order valence-corrected chi connectivity index (χ1v) is 12.2. The fourth-order valence-corrected chi connectivity index (χ4v) is 3.63. The Hall–Kier alpha value is -3.05. The van der Waals surface area contributed by atoms with Crippen LogP contribution in [0.15, 0.2) is 60.5 Å². The lowest BCUT2D eigenvalue weighted by molar-refractivity contribution is -0.117. The average molecular weight is 481 g/mol. The van der Waals surface area contributed by atoms with Crippen LogP contribution >= 0.6 is 0 Å². The maximum absolute atomic E-state index is 13.4. The molecule has 0 aliphatic carbocycles. The van der Waals surface area contributed by atoms with E-state index in [0.29, 0.717) is 57.0 Å². The van der Waals surface area contributed by atoms with Crippen LogP contribution in [-0.4, -0.2) is 51.2 Å². The van der Waals surface area contributed by atoms with E-state index in [1.807, 2.05) is 30.4 Å². The van der Waals surface area contributed by atoms with Crippen molar-refractivity contribution in [2.24, 2.45) is 5.92 Å². The Labute approximate surface area is 208 Å². The van der Waals surface area contributed by atoms with Gasteiger partial charge in [-0.3, -0.25) is 9.59 Å². The van der Waals surface area contributed by atoms with E-state index in [4.69, 9.17) is 14.2 Å². The van der Waals surface area contributed by atoms with Crippen LogP contribution in [-0.2, 0) is 19.0 Å². The van der Waals surface area contributed by atoms with Gasteiger partial charge < -0.3 is 19.5 Å². The Bertz CT molecular complexity index is 928. The number of allylic oxidation sites excluding steroid dienone is 5. The molecular formula is C28H36N2O5. The van der Waals surface area contributed by atoms with Gasteiger partial charge in [0.25, 0.3) is 0 Å². The number of nitriles is 1. The minimum absolute atomic E-state index is 0.0225. The summed E-state index contributed by atoms with van der Waals surface area (Å²) in [7, 11) is 0. The molecule has 0 saturated heterocycles. The van der Waals surface area contributed by atoms with Gasteiger partial charge in [-0.15, -0.1) is 0 Å². The normalized spacial score (nSPS) is 14.4. The van der Waals surface area contributed by atoms with Gasteiger partial charge in [-0.25, -0.2) is 0 Å². The summed E-state index contributed by atoms with van der Waals surface area (Å²) in [5, 5.41) is 12.5. The highest BCUT2D eigenvalue weighted by molar-refractivity contribution is 5.99. The lowest BCUT2D eigenvalue weighted by Gasteiger charge is -2.20. The summed E-state index contributed by atoms with van der Waals surface area (Å²) in [5.41, 5.74) is 1.95. The van der Waals surface area contributed by atoms with E-state index in [9.17, 15) is 14.9 Å². The molecule has 0 amide bonds. The van der Waals surface area contributed by atoms with Crippen molar-refractivity contribution in [2.45, 2.75) is 39.0 Å². The summed E-state index contributed by atoms with van der Waals surface area (Å²) in [4.78, 5) is 25.1. The van der Waals surface area contributed by atoms with Crippen LogP contribution in [0.25, 0.3) is 0 Å². The Morgan fingerprint density at radius 1 is 0.943 bits per heavy atom. The number of carbonyl (C=O) groups excluding carboxylic acids is 2. The van der Waals surface area contributed by atoms with E-state index in [2.05, 4.69) is 12.2 Å². The molecule has 1 aromatic carbocycles. The van der Waals surface area contributed by atoms with Crippen LogP contribution in [0.5, 0.6) is 0 Å². The molecule has 7 nitrogen and oxygen atoms in total. The number of nitrogens with one attached hydrogen (secondary N) is 1. The number of ketones is 2. The largest absolute Gasteiger partial charge is 0.379 e. The van der Waals surface area contributed by atoms with Crippen LogP contribution in [0, 0.1) is 17.2 Å². The Balaban J connectivity index is 1.91. The molecule has 2 rings (SSSR count). The number of hydrogen-bond acceptors (Lipinski definition) is 7. The SMILES string of the molecule is CCCOCCOCCOCCCC(C(=O)c1ccc(C(C#N)C(C)=O)cc1)C1=CC=CC=CN1. The van der Waals surface area contributed by atoms with Crippen LogP contribution in [0.2, 0.25) is 0 Å². The topological polar surface area (TPSA) is 97.7 Å². The van der Waals surface area contributed by atoms with E-state index in [-0.39, 0.29) is 17.5 Å². The molecule has 0 saturated carbocycles. The summed E-state index contributed by atoms with van der Waals surface area (Å²) in [5.74, 6) is -1.43. The summed E-state index contributed by atoms with van der Waals surface area (Å²) in [6.07, 6.45) is 11.7. The van der Waals surface area contributed by atoms with Gasteiger partial charge in [-0.2, -0.15) is 5.26 Å². The first-order valence-electron chi connectivity index (χ1n) is 12.2. The van der Waals surface area contributed by atoms with Gasteiger partial charge in [-0.1, -0.05) is 43.3 Å². The van der Waals surface area contributed by atoms with Crippen molar-refractivity contribution in [3.05, 3.63) is 71.6 Å². The molecule has 1 aliphatic rings. The van der Waals surface area contributed by atoms with Gasteiger partial charge >= 0.3 is 0 Å². The molecule has 0 spiro atoms. The molecule has 2 atom stereocenters. The van der Waals surface area contributed by atoms with Crippen LogP contribution in [0.4, 0.5) is 0 Å². The van der Waals surface area contributed by atoms with E-state index in [1.54, 1.807) is 30.5 Å². The molecule has 35 heavy (non-hydrogen) atoms. The molecule has 1 aromatic rings. The lowest BCUT2D eigenvalue weighted by atomic mass is 9.88. The molecule has 188 valence electrons. The van der Waals surface area contributed by atoms with Crippen molar-refractivity contribution in [1.82, 2.24) is 5.32 Å². The van der Waals surface area contributed by atoms with Gasteiger partial charge in [0.2, 0.25) is 0 Å². The molecule has 0 aromatic heterocycles. The maximum Gasteiger partial charge on any atom is 0.171 e. The number of hydrogen-bond donors (Lipinski definition) is 1. The zero-order valence-corrected chi connectivity index (χ0v) is 20.7. The van der Waals surface area contributed by atoms with Gasteiger partial charge in [-0.05, 0) is 43.9 Å². The second-order valence-electron chi connectivity index (χ2n) is 8.20. The molecule has 1 heterocycles. The van der Waals surface area contributed by atoms with Crippen LogP contribution in [0.3, 0.4) is 0 Å². The maximum atomic E-state index is 13.4. The summed E-state index contributed by atoms with van der Waals surface area (Å²) in [6.45, 7) is 6.90. The van der Waals surface area contributed by atoms with Gasteiger partial charge in [0.15, 0.2) is 11.6 Å². The van der Waals surface area contributed by atoms with Crippen molar-refractivity contribution < 1.29 is 23.8 Å². The summed E-state index contributed by atoms with van der Waals surface area (Å²) >= 11 is 0. The second kappa shape index (κ2) is 16.6. The van der Waals surface area contributed by atoms with E-state index in [1.165, 1.54) is 6.92 Å². The highest BCUT2D eigenvalue weighted by Crippen LogP contribution is 2.24. The van der Waals surface area contributed by atoms with E-state index in [0.717, 1.165) is 18.7 Å². The molecule has 2 unspecified atom stereocenters. The first-order chi connectivity index (χ1) is 17.1. The van der Waals surface area contributed by atoms with Gasteiger partial charge in [0.05, 0.1) is 38.4 Å². The first kappa shape index (κ1) is 28.2. The predicted octanol–water partition coefficient (Wildman–Crippen LogP) is 4.48. The monoisotopic (exact) mass is 480 g/mol. The zero-order chi connectivity index (χ0) is 25.3. The number of carbonyl (C=O) groups is 2. The third kappa shape index (κ3) is 9.99. The third-order valence-corrected chi connectivity index (χ3v) is 5.47. The molecule has 0 fully saturated rings. The molecule has 7 heteroatoms. The lowest BCUT2D eigenvalue weighted by Crippen LogP contribution is -2.24. The van der Waals surface area contributed by atoms with E-state index < -0.39 is 5.92 Å². The Morgan fingerprint density at radius 2 is 1.60 bits per heavy atom. The molecule has 1 aliphatic heterocycles. The number of ether oxygens (including phenoxy) is 3. The zero-order valence-electron chi connectivity index (χ0n) is 20.7. The number of rotatable bonds is 17. The van der Waals surface area contributed by atoms with Gasteiger partial charge in [0, 0.05) is 30.7 Å². The highest BCUT2D eigenvalue weighted by atomic mass is 16.5. The van der Waals surface area contributed by atoms with Gasteiger partial charge in [0.1, 0.15) is 5.92 Å². The van der Waals surface area contributed by atoms with Crippen molar-refractivity contribution in [3.63, 3.8) is 0 Å². The van der Waals surface area contributed by atoms with Crippen molar-refractivity contribution in [1.29, 1.82) is 5.26 Å². The third-order valence-electron chi connectivity index (χ3n) is 5.47. The van der Waals surface area contributed by atoms with Crippen molar-refractivity contribution in [3.8, 4) is 6.07 Å². The predicted molar refractivity (Wildman–Crippen MR) is 135 cm³/mol. The molecular weight excluding hydrogens is 444 g/mol. The van der Waals surface area contributed by atoms with E-state index >= 15 is 0 Å². The summed E-state index contributed by atoms with van der Waals surface area (Å²) in [6, 6.07) is 8.77. The minimum atomic E-state index is -0.818. The quantitative estimate of drug-likeness (QED) is 0.259. The minimum Gasteiger partial charge on any atom is -0.379 e. The number of nitrogens with zero attached hydrogens (tertiary/aromatic N) is 1. The van der Waals surface area contributed by atoms with Crippen molar-refractivity contribution in [2.75, 3.05) is 39.6 Å².